The van der Waals surface area contributed by atoms with Crippen molar-refractivity contribution in [2.24, 2.45) is 0 Å². The molecule has 1 rings (SSSR count). The summed E-state index contributed by atoms with van der Waals surface area (Å²) in [6.07, 6.45) is 1.27. The first-order valence-electron chi connectivity index (χ1n) is 6.52. The number of rotatable bonds is 7. The topological polar surface area (TPSA) is 71.3 Å². The quantitative estimate of drug-likeness (QED) is 0.606. The largest absolute Gasteiger partial charge is 0.369 e. The summed E-state index contributed by atoms with van der Waals surface area (Å²) in [5, 5.41) is 13.7. The number of hydrogen-bond acceptors (Lipinski definition) is 5. The fourth-order valence-electron chi connectivity index (χ4n) is 2.02. The van der Waals surface area contributed by atoms with Gasteiger partial charge in [0.1, 0.15) is 12.0 Å². The smallest absolute Gasteiger partial charge is 0.287 e. The maximum Gasteiger partial charge on any atom is 0.287 e. The Hall–Kier alpha value is -1.69. The molecule has 0 amide bonds. The minimum Gasteiger partial charge on any atom is -0.369 e. The minimum atomic E-state index is -0.448. The van der Waals surface area contributed by atoms with Crippen LogP contribution in [0.4, 0.5) is 11.5 Å². The monoisotopic (exact) mass is 266 g/mol. The fraction of sp³-hybridized carbons (Fsp3) is 0.615. The Labute approximate surface area is 114 Å². The zero-order valence-corrected chi connectivity index (χ0v) is 12.0. The molecule has 0 radical (unpaired) electrons. The lowest BCUT2D eigenvalue weighted by molar-refractivity contribution is -0.385. The molecule has 1 aromatic rings. The van der Waals surface area contributed by atoms with Crippen molar-refractivity contribution < 1.29 is 4.92 Å². The number of nitro groups is 1. The molecule has 0 aromatic carbocycles. The van der Waals surface area contributed by atoms with E-state index in [2.05, 4.69) is 42.9 Å². The summed E-state index contributed by atoms with van der Waals surface area (Å²) in [4.78, 5) is 16.4. The third-order valence-corrected chi connectivity index (χ3v) is 2.96. The Morgan fingerprint density at radius 2 is 1.95 bits per heavy atom. The molecule has 0 atom stereocenters. The average molecular weight is 266 g/mol. The summed E-state index contributed by atoms with van der Waals surface area (Å²) in [5.74, 6) is 0.665. The summed E-state index contributed by atoms with van der Waals surface area (Å²) in [5.41, 5.74) is 0.0107. The molecular weight excluding hydrogens is 244 g/mol. The molecule has 0 saturated carbocycles. The van der Waals surface area contributed by atoms with Crippen LogP contribution in [0.15, 0.2) is 18.3 Å². The highest BCUT2D eigenvalue weighted by Gasteiger charge is 2.12. The number of hydrogen-bond donors (Lipinski definition) is 1. The van der Waals surface area contributed by atoms with E-state index in [0.29, 0.717) is 17.9 Å². The third kappa shape index (κ3) is 4.82. The molecular formula is C13H22N4O2. The molecule has 0 bridgehead atoms. The third-order valence-electron chi connectivity index (χ3n) is 2.96. The van der Waals surface area contributed by atoms with Gasteiger partial charge < -0.3 is 5.32 Å². The second-order valence-corrected chi connectivity index (χ2v) is 5.01. The normalized spacial score (nSPS) is 11.3. The van der Waals surface area contributed by atoms with Crippen molar-refractivity contribution in [3.8, 4) is 0 Å². The van der Waals surface area contributed by atoms with Crippen LogP contribution in [0.1, 0.15) is 27.7 Å². The van der Waals surface area contributed by atoms with Crippen molar-refractivity contribution in [2.75, 3.05) is 18.4 Å². The van der Waals surface area contributed by atoms with Gasteiger partial charge in [-0.3, -0.25) is 15.0 Å². The molecule has 106 valence electrons. The Balaban J connectivity index is 2.46. The number of nitrogens with zero attached hydrogens (tertiary/aromatic N) is 3. The molecule has 0 aliphatic rings. The van der Waals surface area contributed by atoms with Crippen LogP contribution in [-0.2, 0) is 0 Å². The maximum atomic E-state index is 10.5. The number of aromatic nitrogens is 1. The molecule has 0 aliphatic carbocycles. The van der Waals surface area contributed by atoms with Crippen LogP contribution in [0.2, 0.25) is 0 Å². The van der Waals surface area contributed by atoms with E-state index in [0.717, 1.165) is 13.1 Å². The molecule has 0 fully saturated rings. The lowest BCUT2D eigenvalue weighted by atomic mass is 10.2. The van der Waals surface area contributed by atoms with Crippen LogP contribution in [-0.4, -0.2) is 40.0 Å². The first-order chi connectivity index (χ1) is 8.91. The summed E-state index contributed by atoms with van der Waals surface area (Å²) in [6, 6.07) is 4.07. The Bertz CT molecular complexity index is 396. The van der Waals surface area contributed by atoms with E-state index in [1.54, 1.807) is 6.07 Å². The maximum absolute atomic E-state index is 10.5. The van der Waals surface area contributed by atoms with Gasteiger partial charge in [-0.05, 0) is 33.8 Å². The van der Waals surface area contributed by atoms with Gasteiger partial charge in [0.2, 0.25) is 0 Å². The van der Waals surface area contributed by atoms with Crippen LogP contribution >= 0.6 is 0 Å². The average Bonchev–Trinajstić information content (AvgIpc) is 2.34. The minimum absolute atomic E-state index is 0.0107. The van der Waals surface area contributed by atoms with Crippen LogP contribution in [0.25, 0.3) is 0 Å². The van der Waals surface area contributed by atoms with E-state index in [1.807, 2.05) is 0 Å². The second-order valence-electron chi connectivity index (χ2n) is 5.01. The van der Waals surface area contributed by atoms with Gasteiger partial charge in [0.25, 0.3) is 5.69 Å². The first kappa shape index (κ1) is 15.4. The molecule has 19 heavy (non-hydrogen) atoms. The van der Waals surface area contributed by atoms with Crippen molar-refractivity contribution in [3.05, 3.63) is 28.4 Å². The van der Waals surface area contributed by atoms with E-state index < -0.39 is 4.92 Å². The predicted octanol–water partition coefficient (Wildman–Crippen LogP) is 2.52. The van der Waals surface area contributed by atoms with Crippen molar-refractivity contribution in [1.82, 2.24) is 9.88 Å². The summed E-state index contributed by atoms with van der Waals surface area (Å²) in [7, 11) is 0. The van der Waals surface area contributed by atoms with Crippen molar-refractivity contribution >= 4 is 11.5 Å². The predicted molar refractivity (Wildman–Crippen MR) is 76.4 cm³/mol. The van der Waals surface area contributed by atoms with E-state index in [1.165, 1.54) is 12.3 Å². The van der Waals surface area contributed by atoms with E-state index >= 15 is 0 Å². The summed E-state index contributed by atoms with van der Waals surface area (Å²) < 4.78 is 0. The van der Waals surface area contributed by atoms with E-state index in [4.69, 9.17) is 0 Å². The fourth-order valence-corrected chi connectivity index (χ4v) is 2.02. The van der Waals surface area contributed by atoms with Gasteiger partial charge in [0, 0.05) is 31.2 Å². The van der Waals surface area contributed by atoms with Crippen molar-refractivity contribution in [3.63, 3.8) is 0 Å². The molecule has 0 spiro atoms. The Kier molecular flexibility index (Phi) is 5.69. The van der Waals surface area contributed by atoms with Gasteiger partial charge in [-0.25, -0.2) is 4.98 Å². The molecule has 6 heteroatoms. The summed E-state index contributed by atoms with van der Waals surface area (Å²) in [6.45, 7) is 10.4. The second kappa shape index (κ2) is 7.04. The van der Waals surface area contributed by atoms with Crippen LogP contribution < -0.4 is 5.32 Å². The van der Waals surface area contributed by atoms with Crippen molar-refractivity contribution in [2.45, 2.75) is 39.8 Å². The highest BCUT2D eigenvalue weighted by Crippen LogP contribution is 2.11. The summed E-state index contributed by atoms with van der Waals surface area (Å²) >= 11 is 0. The molecule has 0 aliphatic heterocycles. The van der Waals surface area contributed by atoms with E-state index in [9.17, 15) is 10.1 Å². The van der Waals surface area contributed by atoms with Gasteiger partial charge >= 0.3 is 0 Å². The highest BCUT2D eigenvalue weighted by molar-refractivity contribution is 5.39. The Morgan fingerprint density at radius 3 is 2.37 bits per heavy atom. The first-order valence-corrected chi connectivity index (χ1v) is 6.52. The van der Waals surface area contributed by atoms with Crippen LogP contribution in [0.3, 0.4) is 0 Å². The number of anilines is 1. The lowest BCUT2D eigenvalue weighted by Gasteiger charge is -2.30. The number of pyridine rings is 1. The molecule has 0 saturated heterocycles. The molecule has 1 aromatic heterocycles. The standard InChI is InChI=1S/C13H22N4O2/c1-10(2)16(11(3)4)8-7-14-13-6-5-12(9-15-13)17(18)19/h5-6,9-11H,7-8H2,1-4H3,(H,14,15). The molecule has 6 nitrogen and oxygen atoms in total. The molecule has 0 unspecified atom stereocenters. The van der Waals surface area contributed by atoms with Gasteiger partial charge in [-0.2, -0.15) is 0 Å². The lowest BCUT2D eigenvalue weighted by Crippen LogP contribution is -2.40. The zero-order valence-electron chi connectivity index (χ0n) is 12.0. The number of nitrogens with one attached hydrogen (secondary N) is 1. The Morgan fingerprint density at radius 1 is 1.32 bits per heavy atom. The van der Waals surface area contributed by atoms with Crippen molar-refractivity contribution in [1.29, 1.82) is 0 Å². The zero-order chi connectivity index (χ0) is 14.4. The van der Waals surface area contributed by atoms with E-state index in [-0.39, 0.29) is 5.69 Å². The molecule has 1 heterocycles. The SMILES string of the molecule is CC(C)N(CCNc1ccc([N+](=O)[O-])cn1)C(C)C. The molecule has 1 N–H and O–H groups in total. The van der Waals surface area contributed by atoms with Gasteiger partial charge in [0.15, 0.2) is 0 Å². The van der Waals surface area contributed by atoms with Crippen LogP contribution in [0, 0.1) is 10.1 Å². The van der Waals surface area contributed by atoms with Gasteiger partial charge in [0.05, 0.1) is 4.92 Å². The van der Waals surface area contributed by atoms with Crippen LogP contribution in [0.5, 0.6) is 0 Å². The van der Waals surface area contributed by atoms with Gasteiger partial charge in [-0.15, -0.1) is 0 Å². The van der Waals surface area contributed by atoms with Gasteiger partial charge in [-0.1, -0.05) is 0 Å². The highest BCUT2D eigenvalue weighted by atomic mass is 16.6.